The van der Waals surface area contributed by atoms with Gasteiger partial charge in [0.2, 0.25) is 0 Å². The second kappa shape index (κ2) is 6.33. The molecule has 0 spiro atoms. The summed E-state index contributed by atoms with van der Waals surface area (Å²) in [5.41, 5.74) is 6.41. The molecule has 0 aliphatic rings. The fourth-order valence-corrected chi connectivity index (χ4v) is 4.96. The van der Waals surface area contributed by atoms with E-state index in [1.165, 1.54) is 10.9 Å². The third-order valence-corrected chi connectivity index (χ3v) is 6.26. The molecule has 144 valence electrons. The molecule has 4 aromatic carbocycles. The second-order valence-electron chi connectivity index (χ2n) is 7.86. The molecule has 0 unspecified atom stereocenters. The molecule has 0 amide bonds. The number of aldehydes is 1. The van der Waals surface area contributed by atoms with Gasteiger partial charge in [0.25, 0.3) is 0 Å². The van der Waals surface area contributed by atoms with E-state index in [1.807, 2.05) is 19.2 Å². The van der Waals surface area contributed by atoms with E-state index >= 15 is 0 Å². The van der Waals surface area contributed by atoms with Crippen LogP contribution in [0.4, 0.5) is 0 Å². The zero-order chi connectivity index (χ0) is 20.2. The maximum Gasteiger partial charge on any atom is 0.152 e. The minimum absolute atomic E-state index is 0.763. The Balaban J connectivity index is 1.83. The maximum atomic E-state index is 12.5. The lowest BCUT2D eigenvalue weighted by atomic mass is 10.0. The van der Waals surface area contributed by atoms with Crippen LogP contribution in [0.2, 0.25) is 0 Å². The highest BCUT2D eigenvalue weighted by Crippen LogP contribution is 2.39. The van der Waals surface area contributed by atoms with Crippen LogP contribution >= 0.6 is 0 Å². The zero-order valence-electron chi connectivity index (χ0n) is 16.7. The molecule has 0 fully saturated rings. The number of para-hydroxylation sites is 2. The van der Waals surface area contributed by atoms with E-state index in [9.17, 15) is 4.79 Å². The van der Waals surface area contributed by atoms with Crippen LogP contribution < -0.4 is 0 Å². The summed E-state index contributed by atoms with van der Waals surface area (Å²) in [6.07, 6.45) is 1.03. The molecule has 3 heteroatoms. The smallest absolute Gasteiger partial charge is 0.152 e. The quantitative estimate of drug-likeness (QED) is 0.327. The SMILES string of the molecule is Cn1c2ccccc2c2cc3c(c(C=O)c21)c1ccccc1n3Cc1ccccc1. The van der Waals surface area contributed by atoms with Crippen LogP contribution in [0.1, 0.15) is 15.9 Å². The fraction of sp³-hybridized carbons (Fsp3) is 0.0741. The average molecular weight is 388 g/mol. The van der Waals surface area contributed by atoms with E-state index in [0.29, 0.717) is 0 Å². The Bertz CT molecular complexity index is 1590. The fourth-order valence-electron chi connectivity index (χ4n) is 4.96. The molecule has 2 heterocycles. The first kappa shape index (κ1) is 17.0. The number of aryl methyl sites for hydroxylation is 1. The molecule has 0 bridgehead atoms. The predicted molar refractivity (Wildman–Crippen MR) is 124 cm³/mol. The molecular weight excluding hydrogens is 368 g/mol. The van der Waals surface area contributed by atoms with Crippen molar-refractivity contribution in [3.8, 4) is 0 Å². The number of carbonyl (C=O) groups excluding carboxylic acids is 1. The van der Waals surface area contributed by atoms with Crippen molar-refractivity contribution in [3.63, 3.8) is 0 Å². The van der Waals surface area contributed by atoms with Crippen molar-refractivity contribution in [3.05, 3.63) is 96.1 Å². The van der Waals surface area contributed by atoms with Crippen molar-refractivity contribution in [1.29, 1.82) is 0 Å². The highest BCUT2D eigenvalue weighted by atomic mass is 16.1. The third kappa shape index (κ3) is 2.23. The van der Waals surface area contributed by atoms with Gasteiger partial charge in [0.05, 0.1) is 11.0 Å². The molecule has 6 rings (SSSR count). The topological polar surface area (TPSA) is 26.9 Å². The van der Waals surface area contributed by atoms with Crippen LogP contribution in [0, 0.1) is 0 Å². The van der Waals surface area contributed by atoms with Crippen molar-refractivity contribution in [2.75, 3.05) is 0 Å². The zero-order valence-corrected chi connectivity index (χ0v) is 16.7. The van der Waals surface area contributed by atoms with Crippen LogP contribution in [-0.2, 0) is 13.6 Å². The highest BCUT2D eigenvalue weighted by Gasteiger charge is 2.20. The molecular formula is C27H20N2O. The lowest BCUT2D eigenvalue weighted by Gasteiger charge is -2.09. The number of carbonyl (C=O) groups is 1. The largest absolute Gasteiger partial charge is 0.343 e. The van der Waals surface area contributed by atoms with Gasteiger partial charge in [-0.2, -0.15) is 0 Å². The lowest BCUT2D eigenvalue weighted by molar-refractivity contribution is 0.112. The van der Waals surface area contributed by atoms with E-state index < -0.39 is 0 Å². The van der Waals surface area contributed by atoms with E-state index in [1.54, 1.807) is 0 Å². The Morgan fingerprint density at radius 2 is 1.40 bits per heavy atom. The van der Waals surface area contributed by atoms with Crippen LogP contribution in [0.3, 0.4) is 0 Å². The van der Waals surface area contributed by atoms with Gasteiger partial charge in [-0.1, -0.05) is 66.7 Å². The summed E-state index contributed by atoms with van der Waals surface area (Å²) in [7, 11) is 2.05. The van der Waals surface area contributed by atoms with E-state index in [0.717, 1.165) is 56.6 Å². The van der Waals surface area contributed by atoms with Gasteiger partial charge >= 0.3 is 0 Å². The Morgan fingerprint density at radius 3 is 2.17 bits per heavy atom. The van der Waals surface area contributed by atoms with Crippen LogP contribution in [-0.4, -0.2) is 15.4 Å². The summed E-state index contributed by atoms with van der Waals surface area (Å²) in [5, 5.41) is 4.46. The molecule has 0 atom stereocenters. The van der Waals surface area contributed by atoms with Gasteiger partial charge in [-0.05, 0) is 23.8 Å². The van der Waals surface area contributed by atoms with Crippen molar-refractivity contribution < 1.29 is 4.79 Å². The van der Waals surface area contributed by atoms with Gasteiger partial charge < -0.3 is 9.13 Å². The molecule has 0 saturated heterocycles. The summed E-state index contributed by atoms with van der Waals surface area (Å²) in [6.45, 7) is 0.763. The van der Waals surface area contributed by atoms with Gasteiger partial charge in [0.15, 0.2) is 6.29 Å². The second-order valence-corrected chi connectivity index (χ2v) is 7.86. The third-order valence-electron chi connectivity index (χ3n) is 6.26. The normalized spacial score (nSPS) is 11.8. The monoisotopic (exact) mass is 388 g/mol. The van der Waals surface area contributed by atoms with Gasteiger partial charge in [-0.25, -0.2) is 0 Å². The summed E-state index contributed by atoms with van der Waals surface area (Å²) >= 11 is 0. The van der Waals surface area contributed by atoms with Crippen LogP contribution in [0.15, 0.2) is 84.9 Å². The predicted octanol–water partition coefficient (Wildman–Crippen LogP) is 6.30. The molecule has 0 N–H and O–H groups in total. The number of aromatic nitrogens is 2. The minimum Gasteiger partial charge on any atom is -0.343 e. The average Bonchev–Trinajstić information content (AvgIpc) is 3.26. The molecule has 3 nitrogen and oxygen atoms in total. The summed E-state index contributed by atoms with van der Waals surface area (Å²) < 4.78 is 4.49. The van der Waals surface area contributed by atoms with Gasteiger partial charge in [-0.3, -0.25) is 4.79 Å². The van der Waals surface area contributed by atoms with E-state index in [-0.39, 0.29) is 0 Å². The van der Waals surface area contributed by atoms with Crippen molar-refractivity contribution in [2.24, 2.45) is 7.05 Å². The molecule has 6 aromatic rings. The molecule has 0 radical (unpaired) electrons. The highest BCUT2D eigenvalue weighted by molar-refractivity contribution is 6.25. The lowest BCUT2D eigenvalue weighted by Crippen LogP contribution is -1.99. The molecule has 2 aromatic heterocycles. The number of fused-ring (bicyclic) bond motifs is 6. The van der Waals surface area contributed by atoms with Crippen molar-refractivity contribution in [1.82, 2.24) is 9.13 Å². The Morgan fingerprint density at radius 1 is 0.733 bits per heavy atom. The number of benzene rings is 4. The summed E-state index contributed by atoms with van der Waals surface area (Å²) in [4.78, 5) is 12.5. The Hall–Kier alpha value is -3.85. The molecule has 0 aliphatic carbocycles. The molecule has 0 saturated carbocycles. The summed E-state index contributed by atoms with van der Waals surface area (Å²) in [6, 6.07) is 29.5. The standard InChI is InChI=1S/C27H20N2O/c1-28-23-13-7-5-11-19(23)21-15-25-26(22(17-30)27(21)28)20-12-6-8-14-24(20)29(25)16-18-9-3-2-4-10-18/h2-15,17H,16H2,1H3. The molecule has 0 aliphatic heterocycles. The molecule has 30 heavy (non-hydrogen) atoms. The van der Waals surface area contributed by atoms with Gasteiger partial charge in [0, 0.05) is 51.7 Å². The van der Waals surface area contributed by atoms with E-state index in [4.69, 9.17) is 0 Å². The van der Waals surface area contributed by atoms with Crippen molar-refractivity contribution >= 4 is 49.9 Å². The van der Waals surface area contributed by atoms with Crippen LogP contribution in [0.5, 0.6) is 0 Å². The van der Waals surface area contributed by atoms with Gasteiger partial charge in [-0.15, -0.1) is 0 Å². The Kier molecular flexibility index (Phi) is 3.59. The summed E-state index contributed by atoms with van der Waals surface area (Å²) in [5.74, 6) is 0. The number of rotatable bonds is 3. The number of hydrogen-bond acceptors (Lipinski definition) is 1. The van der Waals surface area contributed by atoms with Crippen LogP contribution in [0.25, 0.3) is 43.6 Å². The first-order chi connectivity index (χ1) is 14.8. The first-order valence-corrected chi connectivity index (χ1v) is 10.2. The number of nitrogens with zero attached hydrogens (tertiary/aromatic N) is 2. The Labute approximate surface area is 173 Å². The number of hydrogen-bond donors (Lipinski definition) is 0. The maximum absolute atomic E-state index is 12.5. The van der Waals surface area contributed by atoms with Crippen molar-refractivity contribution in [2.45, 2.75) is 6.54 Å². The van der Waals surface area contributed by atoms with Gasteiger partial charge in [0.1, 0.15) is 0 Å². The minimum atomic E-state index is 0.763. The van der Waals surface area contributed by atoms with E-state index in [2.05, 4.69) is 81.9 Å². The first-order valence-electron chi connectivity index (χ1n) is 10.2.